The Morgan fingerprint density at radius 2 is 0.720 bits per heavy atom. The third-order valence-corrected chi connectivity index (χ3v) is 15.0. The molecule has 0 amide bonds. The fourth-order valence-corrected chi connectivity index (χ4v) is 15.3. The van der Waals surface area contributed by atoms with Crippen LogP contribution in [0.5, 0.6) is 0 Å². The van der Waals surface area contributed by atoms with Gasteiger partial charge in [-0.25, -0.2) is 0 Å². The third-order valence-electron chi connectivity index (χ3n) is 13.7. The van der Waals surface area contributed by atoms with Gasteiger partial charge in [-0.2, -0.15) is 0 Å². The summed E-state index contributed by atoms with van der Waals surface area (Å²) < 4.78 is 42.2. The van der Waals surface area contributed by atoms with Gasteiger partial charge < -0.3 is 28.4 Å². The summed E-state index contributed by atoms with van der Waals surface area (Å²) in [6.07, 6.45) is 3.91. The van der Waals surface area contributed by atoms with E-state index in [1.54, 1.807) is 0 Å². The summed E-state index contributed by atoms with van der Waals surface area (Å²) in [5, 5.41) is 0. The molecule has 8 heteroatoms. The van der Waals surface area contributed by atoms with Gasteiger partial charge in [-0.05, 0) is 113 Å². The van der Waals surface area contributed by atoms with E-state index in [1.165, 1.54) is 33.4 Å². The van der Waals surface area contributed by atoms with E-state index in [0.29, 0.717) is 25.7 Å². The number of ether oxygens (including phenoxy) is 6. The monoisotopic (exact) mass is 714 g/mol. The van der Waals surface area contributed by atoms with Gasteiger partial charge in [-0.15, -0.1) is 18.5 Å². The van der Waals surface area contributed by atoms with Crippen LogP contribution in [0.3, 0.4) is 0 Å². The summed E-state index contributed by atoms with van der Waals surface area (Å²) in [7, 11) is 6.29. The van der Waals surface area contributed by atoms with Crippen LogP contribution in [-0.4, -0.2) is 57.9 Å². The van der Waals surface area contributed by atoms with Crippen molar-refractivity contribution in [1.82, 2.24) is 0 Å². The summed E-state index contributed by atoms with van der Waals surface area (Å²) in [4.78, 5) is 0. The zero-order valence-electron chi connectivity index (χ0n) is 30.8. The van der Waals surface area contributed by atoms with Crippen LogP contribution < -0.4 is 0 Å². The smallest absolute Gasteiger partial charge is 0.172 e. The first kappa shape index (κ1) is 34.1. The molecule has 3 aromatic carbocycles. The predicted molar refractivity (Wildman–Crippen MR) is 202 cm³/mol. The summed E-state index contributed by atoms with van der Waals surface area (Å²) in [5.41, 5.74) is 3.57. The SMILES string of the molecule is CC12CC3(C)OC(C)(CC(C)(O1)C3(CP)c1cc(-c3ccccc3)c(-c3ccccc3)cc1C1(CP)C3(C)CC4(C)OC(C)(CC1(C)O4)O3)O2. The average Bonchev–Trinajstić information content (AvgIpc) is 2.98. The summed E-state index contributed by atoms with van der Waals surface area (Å²) >= 11 is 0. The normalized spacial score (nSPS) is 48.4. The van der Waals surface area contributed by atoms with Gasteiger partial charge in [0.2, 0.25) is 0 Å². The molecule has 6 nitrogen and oxygen atoms in total. The highest BCUT2D eigenvalue weighted by Crippen LogP contribution is 2.73. The van der Waals surface area contributed by atoms with Crippen molar-refractivity contribution in [2.24, 2.45) is 0 Å². The van der Waals surface area contributed by atoms with E-state index >= 15 is 0 Å². The van der Waals surface area contributed by atoms with E-state index in [9.17, 15) is 0 Å². The molecular formula is C42H52O6P2. The molecule has 0 aliphatic carbocycles. The average molecular weight is 715 g/mol. The first-order valence-electron chi connectivity index (χ1n) is 18.3. The van der Waals surface area contributed by atoms with Crippen molar-refractivity contribution < 1.29 is 28.4 Å². The Bertz CT molecular complexity index is 1670. The Morgan fingerprint density at radius 1 is 0.440 bits per heavy atom. The minimum Gasteiger partial charge on any atom is -0.343 e. The van der Waals surface area contributed by atoms with Crippen LogP contribution in [0.2, 0.25) is 0 Å². The second kappa shape index (κ2) is 10.1. The molecule has 3 aromatic rings. The molecule has 11 rings (SSSR count). The zero-order valence-corrected chi connectivity index (χ0v) is 33.1. The van der Waals surface area contributed by atoms with Crippen LogP contribution >= 0.6 is 18.5 Å². The predicted octanol–water partition coefficient (Wildman–Crippen LogP) is 8.89. The second-order valence-electron chi connectivity index (χ2n) is 17.7. The van der Waals surface area contributed by atoms with E-state index in [4.69, 9.17) is 28.4 Å². The number of benzene rings is 3. The van der Waals surface area contributed by atoms with E-state index in [2.05, 4.69) is 147 Å². The zero-order chi connectivity index (χ0) is 35.4. The summed E-state index contributed by atoms with van der Waals surface area (Å²) in [6, 6.07) is 26.6. The topological polar surface area (TPSA) is 55.4 Å². The van der Waals surface area contributed by atoms with Crippen molar-refractivity contribution in [1.29, 1.82) is 0 Å². The maximum absolute atomic E-state index is 7.26. The summed E-state index contributed by atoms with van der Waals surface area (Å²) in [6.45, 7) is 17.6. The third kappa shape index (κ3) is 4.09. The number of hydrogen-bond acceptors (Lipinski definition) is 6. The van der Waals surface area contributed by atoms with Gasteiger partial charge in [0.25, 0.3) is 0 Å². The van der Waals surface area contributed by atoms with Crippen LogP contribution in [0.4, 0.5) is 0 Å². The van der Waals surface area contributed by atoms with Crippen molar-refractivity contribution in [3.8, 4) is 22.3 Å². The van der Waals surface area contributed by atoms with Crippen LogP contribution in [0.1, 0.15) is 92.2 Å². The molecule has 8 aliphatic heterocycles. The van der Waals surface area contributed by atoms with Crippen molar-refractivity contribution >= 4 is 18.5 Å². The molecule has 0 aromatic heterocycles. The molecule has 8 bridgehead atoms. The van der Waals surface area contributed by atoms with Crippen LogP contribution in [-0.2, 0) is 39.3 Å². The molecule has 8 heterocycles. The molecule has 8 fully saturated rings. The molecule has 10 unspecified atom stereocenters. The fraction of sp³-hybridized carbons (Fsp3) is 0.571. The van der Waals surface area contributed by atoms with E-state index in [1.807, 2.05) is 0 Å². The lowest BCUT2D eigenvalue weighted by Gasteiger charge is -2.77. The largest absolute Gasteiger partial charge is 0.343 e. The van der Waals surface area contributed by atoms with Gasteiger partial charge in [-0.1, -0.05) is 60.7 Å². The van der Waals surface area contributed by atoms with Gasteiger partial charge in [0.15, 0.2) is 23.1 Å². The first-order valence-corrected chi connectivity index (χ1v) is 19.9. The Balaban J connectivity index is 1.43. The van der Waals surface area contributed by atoms with Crippen molar-refractivity contribution in [3.05, 3.63) is 83.9 Å². The molecular weight excluding hydrogens is 662 g/mol. The maximum Gasteiger partial charge on any atom is 0.172 e. The molecule has 10 atom stereocenters. The lowest BCUT2D eigenvalue weighted by Crippen LogP contribution is -2.85. The highest BCUT2D eigenvalue weighted by atomic mass is 31.0. The lowest BCUT2D eigenvalue weighted by atomic mass is 9.46. The quantitative estimate of drug-likeness (QED) is 0.238. The molecule has 8 saturated heterocycles. The molecule has 0 N–H and O–H groups in total. The number of hydrogen-bond donors (Lipinski definition) is 0. The van der Waals surface area contributed by atoms with E-state index in [0.717, 1.165) is 12.3 Å². The van der Waals surface area contributed by atoms with Crippen molar-refractivity contribution in [2.45, 2.75) is 137 Å². The molecule has 8 aliphatic rings. The van der Waals surface area contributed by atoms with Crippen LogP contribution in [0, 0.1) is 0 Å². The molecule has 50 heavy (non-hydrogen) atoms. The Labute approximate surface area is 302 Å². The highest BCUT2D eigenvalue weighted by Gasteiger charge is 2.81. The van der Waals surface area contributed by atoms with Crippen molar-refractivity contribution in [2.75, 3.05) is 12.3 Å². The Hall–Kier alpha value is -1.72. The van der Waals surface area contributed by atoms with E-state index in [-0.39, 0.29) is 0 Å². The van der Waals surface area contributed by atoms with Crippen molar-refractivity contribution in [3.63, 3.8) is 0 Å². The number of rotatable bonds is 6. The first-order chi connectivity index (χ1) is 23.4. The minimum atomic E-state index is -0.754. The van der Waals surface area contributed by atoms with E-state index < -0.39 is 56.4 Å². The molecule has 0 spiro atoms. The molecule has 266 valence electrons. The van der Waals surface area contributed by atoms with Crippen LogP contribution in [0.15, 0.2) is 72.8 Å². The Kier molecular flexibility index (Phi) is 6.86. The fourth-order valence-electron chi connectivity index (χ4n) is 13.1. The standard InChI is InChI=1S/C42H52O6P2/c1-33-21-37(5)44-34(2,22-38(6,43-33)47-37)41(33,25-49)31-19-29(27-15-11-9-12-16-27)30(28-17-13-10-14-18-28)20-32(31)42(26-50)35(3)23-39(7)46-36(42,4)24-40(8,45-35)48-39/h9-20H,21-26,49-50H2,1-8H3. The van der Waals surface area contributed by atoms with Gasteiger partial charge in [0.05, 0.1) is 33.2 Å². The van der Waals surface area contributed by atoms with Gasteiger partial charge in [0.1, 0.15) is 0 Å². The van der Waals surface area contributed by atoms with Gasteiger partial charge in [-0.3, -0.25) is 0 Å². The van der Waals surface area contributed by atoms with Gasteiger partial charge >= 0.3 is 0 Å². The highest BCUT2D eigenvalue weighted by molar-refractivity contribution is 7.16. The molecule has 0 saturated carbocycles. The van der Waals surface area contributed by atoms with Crippen LogP contribution in [0.25, 0.3) is 22.3 Å². The maximum atomic E-state index is 7.26. The molecule has 0 radical (unpaired) electrons. The van der Waals surface area contributed by atoms with Gasteiger partial charge in [0, 0.05) is 25.7 Å². The Morgan fingerprint density at radius 3 is 0.980 bits per heavy atom. The summed E-state index contributed by atoms with van der Waals surface area (Å²) in [5.74, 6) is -3.02. The lowest BCUT2D eigenvalue weighted by molar-refractivity contribution is -0.534. The second-order valence-corrected chi connectivity index (χ2v) is 18.5. The minimum absolute atomic E-state index is 0.583.